The van der Waals surface area contributed by atoms with Gasteiger partial charge in [0.25, 0.3) is 0 Å². The zero-order chi connectivity index (χ0) is 44.6. The third kappa shape index (κ3) is 13.3. The summed E-state index contributed by atoms with van der Waals surface area (Å²) in [7, 11) is -1.93. The van der Waals surface area contributed by atoms with E-state index in [4.69, 9.17) is 43.2 Å². The van der Waals surface area contributed by atoms with Crippen molar-refractivity contribution in [1.82, 2.24) is 14.6 Å². The molecule has 0 saturated carbocycles. The Morgan fingerprint density at radius 3 is 2.00 bits per heavy atom. The summed E-state index contributed by atoms with van der Waals surface area (Å²) in [5.74, 6) is 0.000371. The summed E-state index contributed by atoms with van der Waals surface area (Å²) >= 11 is 0. The van der Waals surface area contributed by atoms with E-state index < -0.39 is 50.2 Å². The van der Waals surface area contributed by atoms with Crippen LogP contribution in [-0.4, -0.2) is 76.6 Å². The van der Waals surface area contributed by atoms with Gasteiger partial charge in [0.05, 0.1) is 26.5 Å². The predicted octanol–water partition coefficient (Wildman–Crippen LogP) is 9.68. The van der Waals surface area contributed by atoms with Gasteiger partial charge in [0.2, 0.25) is 5.60 Å². The lowest BCUT2D eigenvalue weighted by atomic mass is 9.96. The third-order valence-corrected chi connectivity index (χ3v) is 12.5. The average Bonchev–Trinajstić information content (AvgIpc) is 3.92. The Morgan fingerprint density at radius 2 is 1.45 bits per heavy atom. The number of hydrogen-bond acceptors (Lipinski definition) is 14. The summed E-state index contributed by atoms with van der Waals surface area (Å²) in [5, 5.41) is 24.6. The number of phosphoric acid groups is 1. The minimum atomic E-state index is -4.82. The van der Waals surface area contributed by atoms with Crippen molar-refractivity contribution in [3.8, 4) is 29.4 Å². The maximum Gasteiger partial charge on any atom is 0.472 e. The molecule has 5 rings (SSSR count). The van der Waals surface area contributed by atoms with Gasteiger partial charge in [-0.2, -0.15) is 15.6 Å². The van der Waals surface area contributed by atoms with E-state index in [0.717, 1.165) is 25.7 Å². The molecular formula is C45H67N6O10P. The van der Waals surface area contributed by atoms with Gasteiger partial charge in [0.15, 0.2) is 11.6 Å². The molecule has 2 aromatic heterocycles. The summed E-state index contributed by atoms with van der Waals surface area (Å²) in [4.78, 5) is 15.1. The van der Waals surface area contributed by atoms with Gasteiger partial charge in [-0.25, -0.2) is 14.1 Å². The van der Waals surface area contributed by atoms with Crippen molar-refractivity contribution in [3.63, 3.8) is 0 Å². The van der Waals surface area contributed by atoms with E-state index in [2.05, 4.69) is 29.1 Å². The standard InChI is InChI=1S/C45H67N6O10P/c1-6-7-8-9-10-11-12-13-14-15-16-17-18-19-20-21-22-23-33(58-34-26-38(54-4)35(28-46)39(27-34)55-5)29-56-62(52,53)57-31-45(30-47)42-41(59-44(2,3)61-42)40(60-45)36-24-25-37-43(48)49-32-50-51(36)37/h24-27,32-33,40-42H,6-23,29,31H2,1-5H3,(H,52,53)(H2,48,49,50)/t33-,40+,41+,42+,45-/m1/s1. The Morgan fingerprint density at radius 1 is 0.871 bits per heavy atom. The second-order valence-electron chi connectivity index (χ2n) is 16.8. The van der Waals surface area contributed by atoms with E-state index in [0.29, 0.717) is 23.4 Å². The molecule has 1 aromatic carbocycles. The highest BCUT2D eigenvalue weighted by Gasteiger charge is 2.65. The molecule has 6 atom stereocenters. The summed E-state index contributed by atoms with van der Waals surface area (Å²) in [6.45, 7) is 4.68. The van der Waals surface area contributed by atoms with E-state index in [1.807, 2.05) is 0 Å². The molecule has 1 unspecified atom stereocenters. The van der Waals surface area contributed by atoms with Gasteiger partial charge in [-0.1, -0.05) is 110 Å². The molecule has 3 aromatic rings. The molecule has 17 heteroatoms. The molecule has 0 aliphatic carbocycles. The van der Waals surface area contributed by atoms with Crippen molar-refractivity contribution in [3.05, 3.63) is 41.9 Å². The van der Waals surface area contributed by atoms with Crippen LogP contribution in [0.4, 0.5) is 5.82 Å². The van der Waals surface area contributed by atoms with E-state index in [9.17, 15) is 20.0 Å². The lowest BCUT2D eigenvalue weighted by Crippen LogP contribution is -2.45. The molecule has 0 bridgehead atoms. The Kier molecular flexibility index (Phi) is 18.7. The highest BCUT2D eigenvalue weighted by molar-refractivity contribution is 7.47. The van der Waals surface area contributed by atoms with Crippen LogP contribution in [0.1, 0.15) is 154 Å². The molecule has 2 saturated heterocycles. The molecular weight excluding hydrogens is 816 g/mol. The van der Waals surface area contributed by atoms with Crippen LogP contribution in [-0.2, 0) is 27.8 Å². The highest BCUT2D eigenvalue weighted by atomic mass is 31.2. The Labute approximate surface area is 366 Å². The largest absolute Gasteiger partial charge is 0.495 e. The van der Waals surface area contributed by atoms with Crippen LogP contribution >= 0.6 is 7.82 Å². The van der Waals surface area contributed by atoms with Gasteiger partial charge in [0, 0.05) is 12.1 Å². The fourth-order valence-corrected chi connectivity index (χ4v) is 9.10. The molecule has 16 nitrogen and oxygen atoms in total. The minimum absolute atomic E-state index is 0.212. The van der Waals surface area contributed by atoms with Gasteiger partial charge in [0.1, 0.15) is 77.8 Å². The van der Waals surface area contributed by atoms with Crippen LogP contribution in [0.3, 0.4) is 0 Å². The predicted molar refractivity (Wildman–Crippen MR) is 233 cm³/mol. The van der Waals surface area contributed by atoms with Crippen LogP contribution < -0.4 is 19.9 Å². The number of benzene rings is 1. The fourth-order valence-electron chi connectivity index (χ4n) is 8.31. The molecule has 3 N–H and O–H groups in total. The number of ether oxygens (including phenoxy) is 6. The van der Waals surface area contributed by atoms with Crippen LogP contribution in [0.5, 0.6) is 17.2 Å². The van der Waals surface area contributed by atoms with Crippen LogP contribution in [0.15, 0.2) is 30.6 Å². The smallest absolute Gasteiger partial charge is 0.472 e. The zero-order valence-corrected chi connectivity index (χ0v) is 38.1. The lowest BCUT2D eigenvalue weighted by Gasteiger charge is -2.29. The summed E-state index contributed by atoms with van der Waals surface area (Å²) < 4.78 is 62.0. The van der Waals surface area contributed by atoms with E-state index in [1.165, 1.54) is 104 Å². The summed E-state index contributed by atoms with van der Waals surface area (Å²) in [6.07, 6.45) is 19.6. The summed E-state index contributed by atoms with van der Waals surface area (Å²) in [6, 6.07) is 10.8. The quantitative estimate of drug-likeness (QED) is 0.0490. The van der Waals surface area contributed by atoms with Gasteiger partial charge >= 0.3 is 7.82 Å². The van der Waals surface area contributed by atoms with Gasteiger partial charge in [-0.15, -0.1) is 0 Å². The number of nitriles is 2. The normalized spacial score (nSPS) is 21.8. The first kappa shape index (κ1) is 49.0. The molecule has 2 fully saturated rings. The van der Waals surface area contributed by atoms with Crippen molar-refractivity contribution in [1.29, 1.82) is 10.5 Å². The topological polar surface area (TPSA) is 215 Å². The molecule has 0 radical (unpaired) electrons. The zero-order valence-electron chi connectivity index (χ0n) is 37.2. The average molecular weight is 883 g/mol. The molecule has 2 aliphatic rings. The second-order valence-corrected chi connectivity index (χ2v) is 18.3. The van der Waals surface area contributed by atoms with Gasteiger partial charge < -0.3 is 39.0 Å². The van der Waals surface area contributed by atoms with Crippen molar-refractivity contribution in [2.24, 2.45) is 0 Å². The molecule has 4 heterocycles. The maximum absolute atomic E-state index is 13.6. The number of anilines is 1. The molecule has 342 valence electrons. The number of aromatic nitrogens is 3. The first-order valence-electron chi connectivity index (χ1n) is 22.4. The van der Waals surface area contributed by atoms with Gasteiger partial charge in [-0.3, -0.25) is 9.05 Å². The Bertz CT molecular complexity index is 1980. The Balaban J connectivity index is 1.15. The monoisotopic (exact) mass is 882 g/mol. The highest BCUT2D eigenvalue weighted by Crippen LogP contribution is 2.53. The third-order valence-electron chi connectivity index (χ3n) is 11.6. The number of fused-ring (bicyclic) bond motifs is 2. The number of unbranched alkanes of at least 4 members (excludes halogenated alkanes) is 16. The van der Waals surface area contributed by atoms with Gasteiger partial charge in [-0.05, 0) is 38.8 Å². The van der Waals surface area contributed by atoms with Crippen molar-refractivity contribution in [2.75, 3.05) is 33.2 Å². The minimum Gasteiger partial charge on any atom is -0.495 e. The number of phosphoric ester groups is 1. The van der Waals surface area contributed by atoms with Crippen molar-refractivity contribution >= 4 is 19.2 Å². The number of methoxy groups -OCH3 is 2. The lowest BCUT2D eigenvalue weighted by molar-refractivity contribution is -0.204. The van der Waals surface area contributed by atoms with Crippen LogP contribution in [0, 0.1) is 22.7 Å². The number of rotatable bonds is 29. The van der Waals surface area contributed by atoms with Crippen molar-refractivity contribution in [2.45, 2.75) is 172 Å². The van der Waals surface area contributed by atoms with Crippen molar-refractivity contribution < 1.29 is 46.9 Å². The fraction of sp³-hybridized carbons (Fsp3) is 0.689. The number of nitrogen functional groups attached to an aromatic ring is 1. The Hall–Kier alpha value is -3.99. The van der Waals surface area contributed by atoms with E-state index >= 15 is 0 Å². The summed E-state index contributed by atoms with van der Waals surface area (Å²) in [5.41, 5.74) is 5.46. The van der Waals surface area contributed by atoms with Crippen LogP contribution in [0.25, 0.3) is 5.52 Å². The first-order valence-corrected chi connectivity index (χ1v) is 23.9. The SMILES string of the molecule is CCCCCCCCCCCCCCCCCCC[C@H](COP(=O)(O)OC[C@@]1(C#N)O[C@@H](c2ccc3c(N)ncnn23)[C@@H]2OC(C)(C)O[C@@H]21)Oc1cc(OC)c(C#N)c(OC)c1. The van der Waals surface area contributed by atoms with E-state index in [1.54, 1.807) is 42.6 Å². The molecule has 0 spiro atoms. The molecule has 62 heavy (non-hydrogen) atoms. The van der Waals surface area contributed by atoms with Crippen LogP contribution in [0.2, 0.25) is 0 Å². The molecule has 0 amide bonds. The molecule has 2 aliphatic heterocycles. The number of nitrogens with zero attached hydrogens (tertiary/aromatic N) is 5. The van der Waals surface area contributed by atoms with E-state index in [-0.39, 0.29) is 29.5 Å². The number of nitrogens with two attached hydrogens (primary N) is 1. The second kappa shape index (κ2) is 23.6. The number of hydrogen-bond donors (Lipinski definition) is 2. The first-order chi connectivity index (χ1) is 29.9. The maximum atomic E-state index is 13.6.